The molecular formula is C26H23F6N3O. The van der Waals surface area contributed by atoms with Crippen molar-refractivity contribution >= 4 is 10.9 Å². The monoisotopic (exact) mass is 507 g/mol. The maximum atomic E-state index is 13.5. The number of alkyl halides is 6. The minimum Gasteiger partial charge on any atom is -0.372 e. The summed E-state index contributed by atoms with van der Waals surface area (Å²) in [5.74, 6) is 0. The number of rotatable bonds is 4. The van der Waals surface area contributed by atoms with Crippen molar-refractivity contribution in [2.75, 3.05) is 6.61 Å². The normalized spacial score (nSPS) is 21.2. The summed E-state index contributed by atoms with van der Waals surface area (Å²) in [6, 6.07) is 14.0. The van der Waals surface area contributed by atoms with Crippen LogP contribution in [0, 0.1) is 0 Å². The molecule has 1 aliphatic rings. The zero-order chi connectivity index (χ0) is 25.7. The van der Waals surface area contributed by atoms with Crippen LogP contribution in [0.25, 0.3) is 22.0 Å². The molecule has 5 rings (SSSR count). The van der Waals surface area contributed by atoms with Gasteiger partial charge >= 0.3 is 12.4 Å². The molecule has 2 N–H and O–H groups in total. The molecule has 10 heteroatoms. The maximum absolute atomic E-state index is 13.5. The van der Waals surface area contributed by atoms with Gasteiger partial charge < -0.3 is 9.72 Å². The molecule has 1 fully saturated rings. The van der Waals surface area contributed by atoms with Crippen molar-refractivity contribution < 1.29 is 31.1 Å². The fourth-order valence-electron chi connectivity index (χ4n) is 5.01. The molecule has 1 saturated heterocycles. The number of fused-ring (bicyclic) bond motifs is 1. The fraction of sp³-hybridized carbons (Fsp3) is 0.346. The van der Waals surface area contributed by atoms with Gasteiger partial charge in [0.05, 0.1) is 17.7 Å². The summed E-state index contributed by atoms with van der Waals surface area (Å²) in [6.07, 6.45) is -9.57. The largest absolute Gasteiger partial charge is 0.416 e. The average Bonchev–Trinajstić information content (AvgIpc) is 3.43. The van der Waals surface area contributed by atoms with Gasteiger partial charge in [-0.05, 0) is 42.7 Å². The molecule has 1 aliphatic heterocycles. The molecule has 4 aromatic rings. The van der Waals surface area contributed by atoms with Crippen molar-refractivity contribution in [3.63, 3.8) is 0 Å². The van der Waals surface area contributed by atoms with Crippen LogP contribution in [-0.4, -0.2) is 28.0 Å². The first kappa shape index (κ1) is 24.4. The number of hydrogen-bond acceptors (Lipinski definition) is 2. The van der Waals surface area contributed by atoms with E-state index in [1.165, 1.54) is 12.1 Å². The Bertz CT molecular complexity index is 1390. The van der Waals surface area contributed by atoms with Crippen molar-refractivity contribution in [3.05, 3.63) is 77.2 Å². The van der Waals surface area contributed by atoms with E-state index in [9.17, 15) is 26.3 Å². The Hall–Kier alpha value is -3.27. The number of halogens is 6. The van der Waals surface area contributed by atoms with Crippen LogP contribution in [0.4, 0.5) is 26.3 Å². The molecule has 0 saturated carbocycles. The number of benzene rings is 2. The van der Waals surface area contributed by atoms with Gasteiger partial charge in [-0.2, -0.15) is 31.4 Å². The van der Waals surface area contributed by atoms with E-state index < -0.39 is 35.9 Å². The first-order valence-electron chi connectivity index (χ1n) is 11.4. The van der Waals surface area contributed by atoms with Crippen molar-refractivity contribution in [2.24, 2.45) is 0 Å². The first-order valence-corrected chi connectivity index (χ1v) is 11.4. The smallest absolute Gasteiger partial charge is 0.372 e. The summed E-state index contributed by atoms with van der Waals surface area (Å²) < 4.78 is 84.7. The number of nitrogens with zero attached hydrogens (tertiary/aromatic N) is 1. The second kappa shape index (κ2) is 8.69. The van der Waals surface area contributed by atoms with Gasteiger partial charge in [-0.25, -0.2) is 0 Å². The second-order valence-corrected chi connectivity index (χ2v) is 9.48. The number of aromatic amines is 2. The SMILES string of the molecule is CC1(c2[nH]c3ccccc3c2-c2cccc(C(F)(F)F)c2)CCOC(c2cc(CC(F)(F)F)[nH]n2)C1. The molecule has 3 heterocycles. The van der Waals surface area contributed by atoms with Crippen LogP contribution >= 0.6 is 0 Å². The Labute approximate surface area is 202 Å². The summed E-state index contributed by atoms with van der Waals surface area (Å²) in [4.78, 5) is 3.43. The minimum absolute atomic E-state index is 0.0522. The summed E-state index contributed by atoms with van der Waals surface area (Å²) in [5.41, 5.74) is 1.70. The predicted molar refractivity (Wildman–Crippen MR) is 122 cm³/mol. The van der Waals surface area contributed by atoms with Crippen molar-refractivity contribution in [1.82, 2.24) is 15.2 Å². The molecule has 0 bridgehead atoms. The highest BCUT2D eigenvalue weighted by Gasteiger charge is 2.40. The van der Waals surface area contributed by atoms with E-state index in [4.69, 9.17) is 4.74 Å². The van der Waals surface area contributed by atoms with Gasteiger partial charge in [0.1, 0.15) is 6.10 Å². The van der Waals surface area contributed by atoms with Gasteiger partial charge in [0, 0.05) is 39.9 Å². The third-order valence-corrected chi connectivity index (χ3v) is 6.77. The van der Waals surface area contributed by atoms with E-state index in [0.29, 0.717) is 36.3 Å². The van der Waals surface area contributed by atoms with Gasteiger partial charge in [0.25, 0.3) is 0 Å². The molecular weight excluding hydrogens is 484 g/mol. The highest BCUT2D eigenvalue weighted by atomic mass is 19.4. The Morgan fingerprint density at radius 1 is 1.03 bits per heavy atom. The highest BCUT2D eigenvalue weighted by Crippen LogP contribution is 2.47. The number of ether oxygens (including phenoxy) is 1. The number of para-hydroxylation sites is 1. The number of aromatic nitrogens is 3. The third kappa shape index (κ3) is 4.74. The maximum Gasteiger partial charge on any atom is 0.416 e. The lowest BCUT2D eigenvalue weighted by Gasteiger charge is -2.38. The molecule has 0 spiro atoms. The van der Waals surface area contributed by atoms with Crippen LogP contribution in [0.2, 0.25) is 0 Å². The van der Waals surface area contributed by atoms with Gasteiger partial charge in [-0.1, -0.05) is 37.3 Å². The number of hydrogen-bond donors (Lipinski definition) is 2. The van der Waals surface area contributed by atoms with Crippen LogP contribution in [0.5, 0.6) is 0 Å². The zero-order valence-electron chi connectivity index (χ0n) is 19.2. The molecule has 190 valence electrons. The molecule has 4 nitrogen and oxygen atoms in total. The number of nitrogens with one attached hydrogen (secondary N) is 2. The molecule has 2 aromatic heterocycles. The summed E-state index contributed by atoms with van der Waals surface area (Å²) in [6.45, 7) is 2.31. The molecule has 2 unspecified atom stereocenters. The van der Waals surface area contributed by atoms with Crippen LogP contribution in [-0.2, 0) is 22.7 Å². The van der Waals surface area contributed by atoms with E-state index in [2.05, 4.69) is 15.2 Å². The highest BCUT2D eigenvalue weighted by molar-refractivity contribution is 5.98. The lowest BCUT2D eigenvalue weighted by atomic mass is 9.74. The second-order valence-electron chi connectivity index (χ2n) is 9.48. The topological polar surface area (TPSA) is 53.7 Å². The van der Waals surface area contributed by atoms with Crippen molar-refractivity contribution in [2.45, 2.75) is 50.1 Å². The van der Waals surface area contributed by atoms with Crippen LogP contribution in [0.3, 0.4) is 0 Å². The quantitative estimate of drug-likeness (QED) is 0.281. The zero-order valence-corrected chi connectivity index (χ0v) is 19.2. The van der Waals surface area contributed by atoms with Gasteiger partial charge in [0.15, 0.2) is 0 Å². The Morgan fingerprint density at radius 3 is 2.56 bits per heavy atom. The standard InChI is InChI=1S/C26H23F6N3O/c1-24(9-10-36-21(14-24)20-12-17(34-35-20)13-25(27,28)29)23-22(18-7-2-3-8-19(18)33-23)15-5-4-6-16(11-15)26(30,31)32/h2-8,11-12,21,33H,9-10,13-14H2,1H3,(H,34,35). The average molecular weight is 507 g/mol. The van der Waals surface area contributed by atoms with Crippen LogP contribution in [0.1, 0.15) is 48.5 Å². The molecule has 2 aromatic carbocycles. The summed E-state index contributed by atoms with van der Waals surface area (Å²) >= 11 is 0. The fourth-order valence-corrected chi connectivity index (χ4v) is 5.01. The predicted octanol–water partition coefficient (Wildman–Crippen LogP) is 7.49. The number of H-pyrrole nitrogens is 2. The first-order chi connectivity index (χ1) is 16.9. The molecule has 0 aliphatic carbocycles. The van der Waals surface area contributed by atoms with E-state index in [-0.39, 0.29) is 5.69 Å². The minimum atomic E-state index is -4.48. The van der Waals surface area contributed by atoms with Crippen molar-refractivity contribution in [1.29, 1.82) is 0 Å². The van der Waals surface area contributed by atoms with Gasteiger partial charge in [-0.3, -0.25) is 5.10 Å². The van der Waals surface area contributed by atoms with E-state index in [0.717, 1.165) is 28.7 Å². The van der Waals surface area contributed by atoms with Gasteiger partial charge in [0.2, 0.25) is 0 Å². The summed E-state index contributed by atoms with van der Waals surface area (Å²) in [5, 5.41) is 7.30. The Kier molecular flexibility index (Phi) is 5.89. The van der Waals surface area contributed by atoms with E-state index >= 15 is 0 Å². The molecule has 0 radical (unpaired) electrons. The molecule has 2 atom stereocenters. The van der Waals surface area contributed by atoms with Crippen LogP contribution in [0.15, 0.2) is 54.6 Å². The lowest BCUT2D eigenvalue weighted by molar-refractivity contribution is -0.137. The molecule has 0 amide bonds. The van der Waals surface area contributed by atoms with Crippen molar-refractivity contribution in [3.8, 4) is 11.1 Å². The summed E-state index contributed by atoms with van der Waals surface area (Å²) in [7, 11) is 0. The third-order valence-electron chi connectivity index (χ3n) is 6.77. The molecule has 36 heavy (non-hydrogen) atoms. The van der Waals surface area contributed by atoms with E-state index in [1.54, 1.807) is 6.07 Å². The van der Waals surface area contributed by atoms with Gasteiger partial charge in [-0.15, -0.1) is 0 Å². The van der Waals surface area contributed by atoms with Crippen LogP contribution < -0.4 is 0 Å². The Morgan fingerprint density at radius 2 is 1.81 bits per heavy atom. The van der Waals surface area contributed by atoms with E-state index in [1.807, 2.05) is 31.2 Å². The Balaban J connectivity index is 1.56. The lowest BCUT2D eigenvalue weighted by Crippen LogP contribution is -2.33.